The number of nitrogens with one attached hydrogen (secondary N) is 2. The van der Waals surface area contributed by atoms with Crippen LogP contribution in [-0.2, 0) is 4.79 Å². The molecule has 0 spiro atoms. The van der Waals surface area contributed by atoms with Gasteiger partial charge in [0.1, 0.15) is 0 Å². The molecule has 0 aliphatic carbocycles. The van der Waals surface area contributed by atoms with Crippen LogP contribution in [0.3, 0.4) is 0 Å². The maximum absolute atomic E-state index is 11.0. The highest BCUT2D eigenvalue weighted by atomic mass is 16.1. The molecule has 76 valence electrons. The number of rotatable bonds is 4. The molecular formula is C9H19N3O. The van der Waals surface area contributed by atoms with Crippen LogP contribution < -0.4 is 10.6 Å². The Morgan fingerprint density at radius 1 is 1.69 bits per heavy atom. The van der Waals surface area contributed by atoms with Crippen LogP contribution in [0.2, 0.25) is 0 Å². The van der Waals surface area contributed by atoms with E-state index in [-0.39, 0.29) is 5.91 Å². The van der Waals surface area contributed by atoms with Crippen LogP contribution in [0.1, 0.15) is 12.8 Å². The van der Waals surface area contributed by atoms with Crippen molar-refractivity contribution in [1.29, 1.82) is 0 Å². The first kappa shape index (κ1) is 10.5. The van der Waals surface area contributed by atoms with E-state index >= 15 is 0 Å². The average molecular weight is 185 g/mol. The van der Waals surface area contributed by atoms with Gasteiger partial charge in [-0.2, -0.15) is 0 Å². The lowest BCUT2D eigenvalue weighted by Gasteiger charge is -2.22. The van der Waals surface area contributed by atoms with Gasteiger partial charge in [0.2, 0.25) is 5.91 Å². The van der Waals surface area contributed by atoms with Crippen molar-refractivity contribution < 1.29 is 4.79 Å². The topological polar surface area (TPSA) is 44.4 Å². The van der Waals surface area contributed by atoms with Gasteiger partial charge in [-0.3, -0.25) is 4.79 Å². The third-order valence-electron chi connectivity index (χ3n) is 2.63. The molecule has 0 aromatic carbocycles. The Kier molecular flexibility index (Phi) is 4.18. The van der Waals surface area contributed by atoms with Crippen molar-refractivity contribution >= 4 is 5.91 Å². The van der Waals surface area contributed by atoms with E-state index < -0.39 is 0 Å². The summed E-state index contributed by atoms with van der Waals surface area (Å²) in [5, 5.41) is 5.94. The van der Waals surface area contributed by atoms with Crippen molar-refractivity contribution in [3.05, 3.63) is 0 Å². The molecule has 0 aromatic heterocycles. The number of carbonyl (C=O) groups is 1. The normalized spacial score (nSPS) is 22.2. The van der Waals surface area contributed by atoms with Gasteiger partial charge in [-0.25, -0.2) is 0 Å². The van der Waals surface area contributed by atoms with Crippen molar-refractivity contribution in [1.82, 2.24) is 15.5 Å². The van der Waals surface area contributed by atoms with Crippen LogP contribution in [0, 0.1) is 0 Å². The summed E-state index contributed by atoms with van der Waals surface area (Å²) in [7, 11) is 3.76. The molecule has 1 fully saturated rings. The summed E-state index contributed by atoms with van der Waals surface area (Å²) in [4.78, 5) is 13.2. The molecule has 1 saturated heterocycles. The predicted octanol–water partition coefficient (Wildman–Crippen LogP) is -0.584. The molecule has 0 saturated carbocycles. The number of hydrogen-bond donors (Lipinski definition) is 2. The first-order valence-corrected chi connectivity index (χ1v) is 4.85. The van der Waals surface area contributed by atoms with E-state index in [1.54, 1.807) is 7.05 Å². The number of amides is 1. The molecule has 1 aliphatic rings. The SMILES string of the molecule is CNC(=O)CCN(C)C1CCNC1. The minimum Gasteiger partial charge on any atom is -0.359 e. The largest absolute Gasteiger partial charge is 0.359 e. The molecule has 1 aliphatic heterocycles. The zero-order valence-electron chi connectivity index (χ0n) is 8.47. The van der Waals surface area contributed by atoms with Gasteiger partial charge in [-0.1, -0.05) is 0 Å². The lowest BCUT2D eigenvalue weighted by Crippen LogP contribution is -2.36. The highest BCUT2D eigenvalue weighted by Crippen LogP contribution is 2.05. The third-order valence-corrected chi connectivity index (χ3v) is 2.63. The van der Waals surface area contributed by atoms with Crippen LogP contribution in [0.4, 0.5) is 0 Å². The molecule has 4 nitrogen and oxygen atoms in total. The summed E-state index contributed by atoms with van der Waals surface area (Å²) in [5.74, 6) is 0.123. The van der Waals surface area contributed by atoms with Crippen molar-refractivity contribution in [3.8, 4) is 0 Å². The lowest BCUT2D eigenvalue weighted by molar-refractivity contribution is -0.120. The highest BCUT2D eigenvalue weighted by Gasteiger charge is 2.18. The lowest BCUT2D eigenvalue weighted by atomic mass is 10.2. The van der Waals surface area contributed by atoms with Gasteiger partial charge in [0.25, 0.3) is 0 Å². The molecule has 1 rings (SSSR count). The van der Waals surface area contributed by atoms with Crippen molar-refractivity contribution in [2.24, 2.45) is 0 Å². The zero-order valence-corrected chi connectivity index (χ0v) is 8.47. The smallest absolute Gasteiger partial charge is 0.221 e. The first-order valence-electron chi connectivity index (χ1n) is 4.85. The van der Waals surface area contributed by atoms with Gasteiger partial charge in [-0.15, -0.1) is 0 Å². The summed E-state index contributed by atoms with van der Waals surface area (Å²) >= 11 is 0. The second-order valence-corrected chi connectivity index (χ2v) is 3.55. The zero-order chi connectivity index (χ0) is 9.68. The van der Waals surface area contributed by atoms with Crippen molar-refractivity contribution in [2.75, 3.05) is 33.7 Å². The Labute approximate surface area is 79.7 Å². The van der Waals surface area contributed by atoms with E-state index in [9.17, 15) is 4.79 Å². The number of likely N-dealkylation sites (N-methyl/N-ethyl adjacent to an activating group) is 1. The second-order valence-electron chi connectivity index (χ2n) is 3.55. The monoisotopic (exact) mass is 185 g/mol. The van der Waals surface area contributed by atoms with E-state index in [4.69, 9.17) is 0 Å². The predicted molar refractivity (Wildman–Crippen MR) is 52.6 cm³/mol. The fraction of sp³-hybridized carbons (Fsp3) is 0.889. The minimum absolute atomic E-state index is 0.123. The Morgan fingerprint density at radius 3 is 3.00 bits per heavy atom. The van der Waals surface area contributed by atoms with Crippen LogP contribution in [0.25, 0.3) is 0 Å². The Bertz CT molecular complexity index is 166. The molecule has 1 unspecified atom stereocenters. The van der Waals surface area contributed by atoms with Gasteiger partial charge >= 0.3 is 0 Å². The average Bonchev–Trinajstić information content (AvgIpc) is 2.66. The molecule has 4 heteroatoms. The second kappa shape index (κ2) is 5.19. The van der Waals surface area contributed by atoms with Crippen molar-refractivity contribution in [2.45, 2.75) is 18.9 Å². The summed E-state index contributed by atoms with van der Waals surface area (Å²) in [6, 6.07) is 0.615. The van der Waals surface area contributed by atoms with E-state index in [0.717, 1.165) is 19.6 Å². The van der Waals surface area contributed by atoms with Gasteiger partial charge < -0.3 is 15.5 Å². The molecule has 0 aromatic rings. The van der Waals surface area contributed by atoms with Crippen LogP contribution in [0.5, 0.6) is 0 Å². The van der Waals surface area contributed by atoms with E-state index in [2.05, 4.69) is 22.6 Å². The number of carbonyl (C=O) groups excluding carboxylic acids is 1. The van der Waals surface area contributed by atoms with Crippen LogP contribution in [-0.4, -0.2) is 50.6 Å². The van der Waals surface area contributed by atoms with Gasteiger partial charge in [0.15, 0.2) is 0 Å². The molecule has 0 radical (unpaired) electrons. The first-order chi connectivity index (χ1) is 6.24. The molecule has 1 heterocycles. The molecule has 13 heavy (non-hydrogen) atoms. The van der Waals surface area contributed by atoms with E-state index in [1.807, 2.05) is 0 Å². The fourth-order valence-electron chi connectivity index (χ4n) is 1.60. The van der Waals surface area contributed by atoms with Crippen molar-refractivity contribution in [3.63, 3.8) is 0 Å². The Hall–Kier alpha value is -0.610. The van der Waals surface area contributed by atoms with E-state index in [1.165, 1.54) is 6.42 Å². The quantitative estimate of drug-likeness (QED) is 0.615. The van der Waals surface area contributed by atoms with Gasteiger partial charge in [0.05, 0.1) is 0 Å². The van der Waals surface area contributed by atoms with E-state index in [0.29, 0.717) is 12.5 Å². The summed E-state index contributed by atoms with van der Waals surface area (Å²) in [5.41, 5.74) is 0. The fourth-order valence-corrected chi connectivity index (χ4v) is 1.60. The summed E-state index contributed by atoms with van der Waals surface area (Å²) in [6.45, 7) is 3.02. The van der Waals surface area contributed by atoms with Gasteiger partial charge in [0, 0.05) is 32.6 Å². The molecule has 0 bridgehead atoms. The Balaban J connectivity index is 2.16. The Morgan fingerprint density at radius 2 is 2.46 bits per heavy atom. The molecular weight excluding hydrogens is 166 g/mol. The maximum Gasteiger partial charge on any atom is 0.221 e. The number of nitrogens with zero attached hydrogens (tertiary/aromatic N) is 1. The highest BCUT2D eigenvalue weighted by molar-refractivity contribution is 5.75. The summed E-state index contributed by atoms with van der Waals surface area (Å²) in [6.07, 6.45) is 1.80. The minimum atomic E-state index is 0.123. The standard InChI is InChI=1S/C9H19N3O/c1-10-9(13)4-6-12(2)8-3-5-11-7-8/h8,11H,3-7H2,1-2H3,(H,10,13). The molecule has 1 atom stereocenters. The van der Waals surface area contributed by atoms with Gasteiger partial charge in [-0.05, 0) is 20.0 Å². The molecule has 1 amide bonds. The third kappa shape index (κ3) is 3.32. The maximum atomic E-state index is 11.0. The summed E-state index contributed by atoms with van der Waals surface area (Å²) < 4.78 is 0. The van der Waals surface area contributed by atoms with Crippen LogP contribution >= 0.6 is 0 Å². The van der Waals surface area contributed by atoms with Crippen LogP contribution in [0.15, 0.2) is 0 Å². The molecule has 2 N–H and O–H groups in total. The number of hydrogen-bond acceptors (Lipinski definition) is 3.